The van der Waals surface area contributed by atoms with Crippen molar-refractivity contribution in [3.63, 3.8) is 0 Å². The number of unbranched alkanes of at least 4 members (excludes halogenated alkanes) is 3. The number of thioether (sulfide) groups is 1. The summed E-state index contributed by atoms with van der Waals surface area (Å²) in [6.07, 6.45) is 4.97. The molecule has 0 N–H and O–H groups in total. The Bertz CT molecular complexity index is 847. The number of imidazole rings is 1. The van der Waals surface area contributed by atoms with E-state index in [9.17, 15) is 0 Å². The van der Waals surface area contributed by atoms with Crippen LogP contribution in [-0.4, -0.2) is 19.7 Å². The first-order valence-corrected chi connectivity index (χ1v) is 10.4. The average molecular weight is 373 g/mol. The number of nitrogens with zero attached hydrogens (tertiary/aromatic N) is 4. The molecule has 0 bridgehead atoms. The van der Waals surface area contributed by atoms with Crippen LogP contribution < -0.4 is 0 Å². The number of hydrogen-bond donors (Lipinski definition) is 0. The summed E-state index contributed by atoms with van der Waals surface area (Å²) < 4.78 is 8.15. The van der Waals surface area contributed by atoms with Crippen LogP contribution in [-0.2, 0) is 17.7 Å². The Labute approximate surface area is 159 Å². The summed E-state index contributed by atoms with van der Waals surface area (Å²) in [5, 5.41) is 9.40. The molecule has 0 aliphatic rings. The topological polar surface area (TPSA) is 56.7 Å². The van der Waals surface area contributed by atoms with Gasteiger partial charge in [-0.05, 0) is 18.6 Å². The van der Waals surface area contributed by atoms with Gasteiger partial charge in [0.05, 0.1) is 16.8 Å². The van der Waals surface area contributed by atoms with Crippen molar-refractivity contribution in [2.75, 3.05) is 0 Å². The predicted octanol–water partition coefficient (Wildman–Crippen LogP) is 5.59. The largest absolute Gasteiger partial charge is 0.424 e. The lowest BCUT2D eigenvalue weighted by atomic mass is 9.97. The first-order valence-electron chi connectivity index (χ1n) is 9.40. The van der Waals surface area contributed by atoms with Crippen LogP contribution in [0.1, 0.15) is 65.2 Å². The van der Waals surface area contributed by atoms with E-state index in [-0.39, 0.29) is 5.41 Å². The minimum Gasteiger partial charge on any atom is -0.424 e. The molecule has 26 heavy (non-hydrogen) atoms. The number of rotatable bonds is 8. The number of fused-ring (bicyclic) bond motifs is 1. The number of benzene rings is 1. The van der Waals surface area contributed by atoms with Gasteiger partial charge in [0.2, 0.25) is 11.8 Å². The molecule has 0 aliphatic heterocycles. The van der Waals surface area contributed by atoms with Crippen molar-refractivity contribution in [2.45, 2.75) is 76.2 Å². The molecule has 0 spiro atoms. The van der Waals surface area contributed by atoms with Gasteiger partial charge in [-0.1, -0.05) is 70.9 Å². The van der Waals surface area contributed by atoms with Crippen LogP contribution in [0.3, 0.4) is 0 Å². The van der Waals surface area contributed by atoms with E-state index in [2.05, 4.69) is 60.7 Å². The lowest BCUT2D eigenvalue weighted by Crippen LogP contribution is -2.11. The molecule has 0 unspecified atom stereocenters. The summed E-state index contributed by atoms with van der Waals surface area (Å²) in [4.78, 5) is 4.82. The summed E-state index contributed by atoms with van der Waals surface area (Å²) in [5.41, 5.74) is 2.13. The number of para-hydroxylation sites is 2. The Morgan fingerprint density at radius 3 is 2.62 bits per heavy atom. The number of hydrogen-bond acceptors (Lipinski definition) is 5. The van der Waals surface area contributed by atoms with Crippen LogP contribution in [0.25, 0.3) is 11.0 Å². The summed E-state index contributed by atoms with van der Waals surface area (Å²) in [7, 11) is 0. The Balaban J connectivity index is 1.75. The highest BCUT2D eigenvalue weighted by atomic mass is 32.2. The maximum Gasteiger partial charge on any atom is 0.226 e. The SMILES string of the molecule is CCCCCCn1c(SCc2nnc(C(C)(C)C)o2)nc2ccccc21. The predicted molar refractivity (Wildman–Crippen MR) is 106 cm³/mol. The van der Waals surface area contributed by atoms with Crippen molar-refractivity contribution in [3.8, 4) is 0 Å². The van der Waals surface area contributed by atoms with E-state index in [4.69, 9.17) is 9.40 Å². The van der Waals surface area contributed by atoms with Crippen molar-refractivity contribution in [1.82, 2.24) is 19.7 Å². The molecule has 3 aromatic rings. The quantitative estimate of drug-likeness (QED) is 0.381. The molecule has 0 saturated carbocycles. The zero-order chi connectivity index (χ0) is 18.6. The first kappa shape index (κ1) is 19.0. The van der Waals surface area contributed by atoms with E-state index in [1.807, 2.05) is 6.07 Å². The van der Waals surface area contributed by atoms with E-state index >= 15 is 0 Å². The molecule has 2 heterocycles. The summed E-state index contributed by atoms with van der Waals surface area (Å²) >= 11 is 1.67. The minimum atomic E-state index is -0.123. The average Bonchev–Trinajstić information content (AvgIpc) is 3.21. The van der Waals surface area contributed by atoms with Crippen LogP contribution in [0.2, 0.25) is 0 Å². The third-order valence-electron chi connectivity index (χ3n) is 4.29. The van der Waals surface area contributed by atoms with Gasteiger partial charge in [-0.15, -0.1) is 10.2 Å². The zero-order valence-corrected chi connectivity index (χ0v) is 17.0. The Kier molecular flexibility index (Phi) is 6.01. The molecule has 6 heteroatoms. The maximum absolute atomic E-state index is 5.82. The first-order chi connectivity index (χ1) is 12.5. The Morgan fingerprint density at radius 2 is 1.88 bits per heavy atom. The lowest BCUT2D eigenvalue weighted by Gasteiger charge is -2.11. The van der Waals surface area contributed by atoms with Crippen molar-refractivity contribution in [2.24, 2.45) is 0 Å². The van der Waals surface area contributed by atoms with Gasteiger partial charge in [0.1, 0.15) is 0 Å². The minimum absolute atomic E-state index is 0.123. The van der Waals surface area contributed by atoms with Gasteiger partial charge in [0.15, 0.2) is 5.16 Å². The van der Waals surface area contributed by atoms with Gasteiger partial charge in [-0.3, -0.25) is 0 Å². The lowest BCUT2D eigenvalue weighted by molar-refractivity contribution is 0.378. The third-order valence-corrected chi connectivity index (χ3v) is 5.25. The smallest absolute Gasteiger partial charge is 0.226 e. The molecule has 2 aromatic heterocycles. The van der Waals surface area contributed by atoms with Gasteiger partial charge in [0, 0.05) is 12.0 Å². The molecular formula is C20H28N4OS. The van der Waals surface area contributed by atoms with E-state index in [1.165, 1.54) is 31.2 Å². The van der Waals surface area contributed by atoms with Crippen LogP contribution >= 0.6 is 11.8 Å². The van der Waals surface area contributed by atoms with Gasteiger partial charge >= 0.3 is 0 Å². The van der Waals surface area contributed by atoms with Gasteiger partial charge < -0.3 is 8.98 Å². The van der Waals surface area contributed by atoms with E-state index in [0.29, 0.717) is 17.5 Å². The molecule has 1 aromatic carbocycles. The highest BCUT2D eigenvalue weighted by Crippen LogP contribution is 2.28. The van der Waals surface area contributed by atoms with E-state index in [0.717, 1.165) is 17.2 Å². The third kappa shape index (κ3) is 4.47. The highest BCUT2D eigenvalue weighted by molar-refractivity contribution is 7.98. The molecule has 0 saturated heterocycles. The fourth-order valence-electron chi connectivity index (χ4n) is 2.82. The second kappa shape index (κ2) is 8.25. The van der Waals surface area contributed by atoms with Crippen molar-refractivity contribution in [1.29, 1.82) is 0 Å². The van der Waals surface area contributed by atoms with Gasteiger partial charge in [-0.2, -0.15) is 0 Å². The number of aromatic nitrogens is 4. The Morgan fingerprint density at radius 1 is 1.08 bits per heavy atom. The zero-order valence-electron chi connectivity index (χ0n) is 16.2. The second-order valence-electron chi connectivity index (χ2n) is 7.64. The summed E-state index contributed by atoms with van der Waals surface area (Å²) in [6.45, 7) is 9.47. The summed E-state index contributed by atoms with van der Waals surface area (Å²) in [5.74, 6) is 1.98. The number of aryl methyl sites for hydroxylation is 1. The standard InChI is InChI=1S/C20H28N4OS/c1-5-6-7-10-13-24-16-12-9-8-11-15(16)21-19(24)26-14-17-22-23-18(25-17)20(2,3)4/h8-9,11-12H,5-7,10,13-14H2,1-4H3. The van der Waals surface area contributed by atoms with E-state index in [1.54, 1.807) is 11.8 Å². The van der Waals surface area contributed by atoms with Crippen LogP contribution in [0.15, 0.2) is 33.8 Å². The monoisotopic (exact) mass is 372 g/mol. The van der Waals surface area contributed by atoms with Crippen molar-refractivity contribution in [3.05, 3.63) is 36.0 Å². The molecule has 5 nitrogen and oxygen atoms in total. The molecule has 0 fully saturated rings. The van der Waals surface area contributed by atoms with Crippen molar-refractivity contribution < 1.29 is 4.42 Å². The van der Waals surface area contributed by atoms with Crippen LogP contribution in [0.4, 0.5) is 0 Å². The van der Waals surface area contributed by atoms with E-state index < -0.39 is 0 Å². The molecule has 0 atom stereocenters. The molecule has 0 amide bonds. The normalized spacial score (nSPS) is 12.2. The molecular weight excluding hydrogens is 344 g/mol. The fraction of sp³-hybridized carbons (Fsp3) is 0.550. The van der Waals surface area contributed by atoms with Crippen molar-refractivity contribution >= 4 is 22.8 Å². The molecule has 3 rings (SSSR count). The Hall–Kier alpha value is -1.82. The molecule has 0 radical (unpaired) electrons. The van der Waals surface area contributed by atoms with Gasteiger partial charge in [-0.25, -0.2) is 4.98 Å². The second-order valence-corrected chi connectivity index (χ2v) is 8.58. The fourth-order valence-corrected chi connectivity index (χ4v) is 3.70. The van der Waals surface area contributed by atoms with Crippen LogP contribution in [0.5, 0.6) is 0 Å². The van der Waals surface area contributed by atoms with Gasteiger partial charge in [0.25, 0.3) is 0 Å². The highest BCUT2D eigenvalue weighted by Gasteiger charge is 2.21. The van der Waals surface area contributed by atoms with Crippen LogP contribution in [0, 0.1) is 0 Å². The summed E-state index contributed by atoms with van der Waals surface area (Å²) in [6, 6.07) is 8.34. The molecule has 140 valence electrons. The molecule has 0 aliphatic carbocycles. The maximum atomic E-state index is 5.82.